The van der Waals surface area contributed by atoms with E-state index in [9.17, 15) is 22.8 Å². The van der Waals surface area contributed by atoms with Gasteiger partial charge in [-0.15, -0.1) is 11.3 Å². The quantitative estimate of drug-likeness (QED) is 0.546. The molecule has 0 aliphatic rings. The highest BCUT2D eigenvalue weighted by atomic mass is 32.1. The number of benzene rings is 1. The number of aromatic nitrogens is 1. The van der Waals surface area contributed by atoms with Crippen molar-refractivity contribution in [2.24, 2.45) is 0 Å². The maximum atomic E-state index is 12.8. The van der Waals surface area contributed by atoms with Gasteiger partial charge in [-0.2, -0.15) is 13.2 Å². The third-order valence-electron chi connectivity index (χ3n) is 3.90. The molecule has 0 spiro atoms. The lowest BCUT2D eigenvalue weighted by molar-refractivity contribution is -0.137. The van der Waals surface area contributed by atoms with Crippen molar-refractivity contribution in [3.8, 4) is 0 Å². The average Bonchev–Trinajstić information content (AvgIpc) is 2.96. The number of nitrogens with two attached hydrogens (primary N) is 2. The van der Waals surface area contributed by atoms with Crippen LogP contribution in [0.25, 0.3) is 10.2 Å². The molecule has 0 atom stereocenters. The largest absolute Gasteiger partial charge is 0.462 e. The van der Waals surface area contributed by atoms with Crippen LogP contribution < -0.4 is 16.8 Å². The Morgan fingerprint density at radius 1 is 1.24 bits per heavy atom. The lowest BCUT2D eigenvalue weighted by Crippen LogP contribution is -2.13. The van der Waals surface area contributed by atoms with Gasteiger partial charge < -0.3 is 21.5 Å². The monoisotopic (exact) mass is 424 g/mol. The maximum absolute atomic E-state index is 12.8. The molecule has 3 rings (SSSR count). The summed E-state index contributed by atoms with van der Waals surface area (Å²) < 4.78 is 43.4. The fourth-order valence-electron chi connectivity index (χ4n) is 2.56. The zero-order valence-corrected chi connectivity index (χ0v) is 15.8. The van der Waals surface area contributed by atoms with Gasteiger partial charge in [0.05, 0.1) is 17.9 Å². The fraction of sp³-hybridized carbons (Fsp3) is 0.167. The maximum Gasteiger partial charge on any atom is 0.416 e. The van der Waals surface area contributed by atoms with E-state index in [0.717, 1.165) is 23.5 Å². The van der Waals surface area contributed by atoms with Gasteiger partial charge in [0.25, 0.3) is 5.91 Å². The number of hydrogen-bond acceptors (Lipinski definition) is 7. The van der Waals surface area contributed by atoms with Gasteiger partial charge in [0.1, 0.15) is 21.1 Å². The average molecular weight is 424 g/mol. The number of nitrogens with one attached hydrogen (secondary N) is 1. The van der Waals surface area contributed by atoms with Gasteiger partial charge in [0.2, 0.25) is 0 Å². The minimum atomic E-state index is -4.54. The lowest BCUT2D eigenvalue weighted by atomic mass is 10.1. The van der Waals surface area contributed by atoms with E-state index in [4.69, 9.17) is 16.2 Å². The van der Waals surface area contributed by atoms with Gasteiger partial charge in [0.15, 0.2) is 0 Å². The Bertz CT molecular complexity index is 1110. The second-order valence-corrected chi connectivity index (χ2v) is 6.87. The molecule has 1 aromatic carbocycles. The zero-order valence-electron chi connectivity index (χ0n) is 15.0. The molecule has 152 valence electrons. The molecule has 0 saturated carbocycles. The van der Waals surface area contributed by atoms with Crippen molar-refractivity contribution >= 4 is 50.6 Å². The third-order valence-corrected chi connectivity index (χ3v) is 5.01. The first kappa shape index (κ1) is 20.4. The van der Waals surface area contributed by atoms with Crippen molar-refractivity contribution < 1.29 is 27.5 Å². The number of nitrogens with zero attached hydrogens (tertiary/aromatic N) is 1. The van der Waals surface area contributed by atoms with Crippen LogP contribution in [0.3, 0.4) is 0 Å². The number of amides is 1. The summed E-state index contributed by atoms with van der Waals surface area (Å²) in [6.45, 7) is 1.77. The van der Waals surface area contributed by atoms with Crippen LogP contribution in [0.2, 0.25) is 0 Å². The smallest absolute Gasteiger partial charge is 0.416 e. The Labute approximate surface area is 166 Å². The highest BCUT2D eigenvalue weighted by molar-refractivity contribution is 7.21. The highest BCUT2D eigenvalue weighted by Gasteiger charge is 2.30. The molecule has 11 heteroatoms. The number of hydrogen-bond donors (Lipinski definition) is 3. The predicted octanol–water partition coefficient (Wildman–Crippen LogP) is 3.91. The molecule has 0 saturated heterocycles. The molecule has 2 aromatic heterocycles. The SMILES string of the molecule is CCOC(=O)c1cc2c(N)c(C(=O)Nc3cccc(C(F)(F)F)c3)sc2nc1N. The van der Waals surface area contributed by atoms with E-state index < -0.39 is 23.6 Å². The number of anilines is 3. The number of esters is 1. The van der Waals surface area contributed by atoms with Crippen molar-refractivity contribution in [3.05, 3.63) is 46.3 Å². The summed E-state index contributed by atoms with van der Waals surface area (Å²) in [4.78, 5) is 28.9. The van der Waals surface area contributed by atoms with Gasteiger partial charge >= 0.3 is 12.1 Å². The molecule has 3 aromatic rings. The van der Waals surface area contributed by atoms with Crippen molar-refractivity contribution in [2.45, 2.75) is 13.1 Å². The standard InChI is InChI=1S/C18H15F3N4O3S/c1-2-28-17(27)11-7-10-12(22)13(29-16(10)25-14(11)23)15(26)24-9-5-3-4-8(6-9)18(19,20)21/h3-7H,2,22H2,1H3,(H2,23,25)(H,24,26). The van der Waals surface area contributed by atoms with Crippen LogP contribution in [0.1, 0.15) is 32.5 Å². The normalized spacial score (nSPS) is 11.4. The van der Waals surface area contributed by atoms with Crippen molar-refractivity contribution in [3.63, 3.8) is 0 Å². The third kappa shape index (κ3) is 4.09. The Balaban J connectivity index is 1.95. The van der Waals surface area contributed by atoms with Gasteiger partial charge in [-0.3, -0.25) is 4.79 Å². The molecule has 0 unspecified atom stereocenters. The van der Waals surface area contributed by atoms with Gasteiger partial charge in [-0.05, 0) is 31.2 Å². The molecule has 1 amide bonds. The Morgan fingerprint density at radius 2 is 1.97 bits per heavy atom. The first-order chi connectivity index (χ1) is 13.6. The molecule has 29 heavy (non-hydrogen) atoms. The van der Waals surface area contributed by atoms with Crippen LogP contribution >= 0.6 is 11.3 Å². The van der Waals surface area contributed by atoms with E-state index in [2.05, 4.69) is 10.3 Å². The van der Waals surface area contributed by atoms with Gasteiger partial charge in [0, 0.05) is 11.1 Å². The number of halogens is 3. The molecular weight excluding hydrogens is 409 g/mol. The van der Waals surface area contributed by atoms with Gasteiger partial charge in [-0.25, -0.2) is 9.78 Å². The molecule has 0 fully saturated rings. The summed E-state index contributed by atoms with van der Waals surface area (Å²) in [7, 11) is 0. The summed E-state index contributed by atoms with van der Waals surface area (Å²) in [5.74, 6) is -1.47. The number of thiophene rings is 1. The van der Waals surface area contributed by atoms with Crippen LogP contribution in [0, 0.1) is 0 Å². The lowest BCUT2D eigenvalue weighted by Gasteiger charge is -2.09. The highest BCUT2D eigenvalue weighted by Crippen LogP contribution is 2.35. The number of alkyl halides is 3. The molecule has 2 heterocycles. The number of ether oxygens (including phenoxy) is 1. The molecule has 0 aliphatic heterocycles. The predicted molar refractivity (Wildman–Crippen MR) is 104 cm³/mol. The summed E-state index contributed by atoms with van der Waals surface area (Å²) >= 11 is 0.906. The van der Waals surface area contributed by atoms with Crippen LogP contribution in [-0.2, 0) is 10.9 Å². The number of carbonyl (C=O) groups excluding carboxylic acids is 2. The van der Waals surface area contributed by atoms with E-state index in [1.165, 1.54) is 18.2 Å². The summed E-state index contributed by atoms with van der Waals surface area (Å²) in [6.07, 6.45) is -4.54. The Morgan fingerprint density at radius 3 is 2.62 bits per heavy atom. The van der Waals surface area contributed by atoms with E-state index >= 15 is 0 Å². The van der Waals surface area contributed by atoms with Gasteiger partial charge in [-0.1, -0.05) is 6.07 Å². The second kappa shape index (κ2) is 7.59. The topological polar surface area (TPSA) is 120 Å². The summed E-state index contributed by atoms with van der Waals surface area (Å²) in [5, 5.41) is 2.71. The Hall–Kier alpha value is -3.34. The van der Waals surface area contributed by atoms with E-state index in [1.54, 1.807) is 6.92 Å². The zero-order chi connectivity index (χ0) is 21.3. The number of fused-ring (bicyclic) bond motifs is 1. The number of pyridine rings is 1. The first-order valence-electron chi connectivity index (χ1n) is 8.26. The van der Waals surface area contributed by atoms with Crippen molar-refractivity contribution in [1.29, 1.82) is 0 Å². The van der Waals surface area contributed by atoms with Crippen LogP contribution in [-0.4, -0.2) is 23.5 Å². The van der Waals surface area contributed by atoms with E-state index in [0.29, 0.717) is 10.2 Å². The minimum Gasteiger partial charge on any atom is -0.462 e. The van der Waals surface area contributed by atoms with Crippen molar-refractivity contribution in [1.82, 2.24) is 4.98 Å². The molecule has 0 radical (unpaired) electrons. The number of carbonyl (C=O) groups is 2. The van der Waals surface area contributed by atoms with Crippen molar-refractivity contribution in [2.75, 3.05) is 23.4 Å². The number of nitrogen functional groups attached to an aromatic ring is 2. The van der Waals surface area contributed by atoms with E-state index in [-0.39, 0.29) is 34.2 Å². The van der Waals surface area contributed by atoms with Crippen LogP contribution in [0.15, 0.2) is 30.3 Å². The molecule has 5 N–H and O–H groups in total. The van der Waals surface area contributed by atoms with Crippen LogP contribution in [0.5, 0.6) is 0 Å². The van der Waals surface area contributed by atoms with E-state index in [1.807, 2.05) is 0 Å². The molecule has 0 bridgehead atoms. The second-order valence-electron chi connectivity index (χ2n) is 5.87. The fourth-order valence-corrected chi connectivity index (χ4v) is 3.54. The summed E-state index contributed by atoms with van der Waals surface area (Å²) in [5.41, 5.74) is 10.9. The number of rotatable bonds is 4. The molecule has 0 aliphatic carbocycles. The first-order valence-corrected chi connectivity index (χ1v) is 9.07. The minimum absolute atomic E-state index is 0.00804. The molecule has 7 nitrogen and oxygen atoms in total. The van der Waals surface area contributed by atoms with Crippen LogP contribution in [0.4, 0.5) is 30.4 Å². The Kier molecular flexibility index (Phi) is 5.33. The summed E-state index contributed by atoms with van der Waals surface area (Å²) in [6, 6.07) is 5.60. The molecular formula is C18H15F3N4O3S.